The topological polar surface area (TPSA) is 58.4 Å². The van der Waals surface area contributed by atoms with E-state index >= 15 is 0 Å². The van der Waals surface area contributed by atoms with Crippen molar-refractivity contribution in [2.24, 2.45) is 4.99 Å². The van der Waals surface area contributed by atoms with Crippen LogP contribution in [0.3, 0.4) is 0 Å². The summed E-state index contributed by atoms with van der Waals surface area (Å²) in [4.78, 5) is 16.4. The van der Waals surface area contributed by atoms with Gasteiger partial charge in [0.15, 0.2) is 5.96 Å². The Bertz CT molecular complexity index is 994. The molecule has 0 saturated heterocycles. The van der Waals surface area contributed by atoms with Gasteiger partial charge in [0, 0.05) is 25.4 Å². The highest BCUT2D eigenvalue weighted by molar-refractivity contribution is 5.79. The van der Waals surface area contributed by atoms with Gasteiger partial charge >= 0.3 is 0 Å². The molecule has 150 valence electrons. The number of halogens is 1. The van der Waals surface area contributed by atoms with Gasteiger partial charge in [-0.25, -0.2) is 9.38 Å². The standard InChI is InChI=1S/C23H25FN4O/c1-2-25-23(27-16-19-10-12-21(24)13-11-19)26-15-18-6-8-20(9-7-18)17-28-14-4-3-5-22(28)29/h3-14H,2,15-17H2,1H3,(H2,25,26,27). The van der Waals surface area contributed by atoms with Gasteiger partial charge in [0.05, 0.1) is 13.1 Å². The summed E-state index contributed by atoms with van der Waals surface area (Å²) in [5.74, 6) is 0.458. The first kappa shape index (κ1) is 20.3. The fourth-order valence-electron chi connectivity index (χ4n) is 2.84. The van der Waals surface area contributed by atoms with Crippen LogP contribution < -0.4 is 16.2 Å². The van der Waals surface area contributed by atoms with E-state index in [1.54, 1.807) is 35.0 Å². The summed E-state index contributed by atoms with van der Waals surface area (Å²) in [7, 11) is 0. The average Bonchev–Trinajstić information content (AvgIpc) is 2.74. The van der Waals surface area contributed by atoms with Crippen molar-refractivity contribution >= 4 is 5.96 Å². The van der Waals surface area contributed by atoms with Crippen molar-refractivity contribution < 1.29 is 4.39 Å². The minimum Gasteiger partial charge on any atom is -0.357 e. The summed E-state index contributed by atoms with van der Waals surface area (Å²) >= 11 is 0. The lowest BCUT2D eigenvalue weighted by atomic mass is 10.1. The van der Waals surface area contributed by atoms with Gasteiger partial charge in [-0.05, 0) is 41.8 Å². The van der Waals surface area contributed by atoms with Crippen LogP contribution in [-0.2, 0) is 19.6 Å². The number of hydrogen-bond donors (Lipinski definition) is 2. The Labute approximate surface area is 169 Å². The van der Waals surface area contributed by atoms with Gasteiger partial charge in [-0.2, -0.15) is 0 Å². The Hall–Kier alpha value is -3.41. The molecule has 0 amide bonds. The van der Waals surface area contributed by atoms with E-state index in [2.05, 4.69) is 15.6 Å². The second kappa shape index (κ2) is 10.2. The SMILES string of the molecule is CCNC(=NCc1ccc(F)cc1)NCc1ccc(Cn2ccccc2=O)cc1. The van der Waals surface area contributed by atoms with Crippen LogP contribution in [0.5, 0.6) is 0 Å². The second-order valence-electron chi connectivity index (χ2n) is 6.66. The number of guanidine groups is 1. The largest absolute Gasteiger partial charge is 0.357 e. The van der Waals surface area contributed by atoms with E-state index in [1.165, 1.54) is 12.1 Å². The van der Waals surface area contributed by atoms with Gasteiger partial charge in [0.1, 0.15) is 5.82 Å². The van der Waals surface area contributed by atoms with Crippen LogP contribution in [0.2, 0.25) is 0 Å². The van der Waals surface area contributed by atoms with Gasteiger partial charge in [0.2, 0.25) is 0 Å². The van der Waals surface area contributed by atoms with Crippen LogP contribution in [0.15, 0.2) is 82.7 Å². The fraction of sp³-hybridized carbons (Fsp3) is 0.217. The second-order valence-corrected chi connectivity index (χ2v) is 6.66. The maximum atomic E-state index is 13.0. The van der Waals surface area contributed by atoms with E-state index < -0.39 is 0 Å². The molecule has 5 nitrogen and oxygen atoms in total. The number of aliphatic imine (C=N–C) groups is 1. The van der Waals surface area contributed by atoms with E-state index in [0.29, 0.717) is 25.6 Å². The predicted molar refractivity (Wildman–Crippen MR) is 114 cm³/mol. The molecule has 0 radical (unpaired) electrons. The Morgan fingerprint density at radius 1 is 0.931 bits per heavy atom. The summed E-state index contributed by atoms with van der Waals surface area (Å²) in [6.45, 7) is 4.41. The maximum absolute atomic E-state index is 13.0. The quantitative estimate of drug-likeness (QED) is 0.479. The number of nitrogens with zero attached hydrogens (tertiary/aromatic N) is 2. The van der Waals surface area contributed by atoms with Crippen molar-refractivity contribution in [2.45, 2.75) is 26.6 Å². The molecule has 0 aliphatic heterocycles. The van der Waals surface area contributed by atoms with E-state index in [9.17, 15) is 9.18 Å². The van der Waals surface area contributed by atoms with Crippen LogP contribution in [0.25, 0.3) is 0 Å². The lowest BCUT2D eigenvalue weighted by molar-refractivity contribution is 0.627. The van der Waals surface area contributed by atoms with Crippen LogP contribution in [0, 0.1) is 5.82 Å². The van der Waals surface area contributed by atoms with Crippen LogP contribution in [0.4, 0.5) is 4.39 Å². The number of aromatic nitrogens is 1. The molecule has 0 saturated carbocycles. The first-order valence-electron chi connectivity index (χ1n) is 9.64. The normalized spacial score (nSPS) is 11.3. The molecule has 0 aliphatic carbocycles. The highest BCUT2D eigenvalue weighted by Gasteiger charge is 2.01. The smallest absolute Gasteiger partial charge is 0.250 e. The van der Waals surface area contributed by atoms with Crippen LogP contribution >= 0.6 is 0 Å². The Morgan fingerprint density at radius 3 is 2.31 bits per heavy atom. The van der Waals surface area contributed by atoms with E-state index in [4.69, 9.17) is 0 Å². The number of nitrogens with one attached hydrogen (secondary N) is 2. The van der Waals surface area contributed by atoms with Gasteiger partial charge in [-0.1, -0.05) is 42.5 Å². The molecule has 6 heteroatoms. The van der Waals surface area contributed by atoms with Crippen molar-refractivity contribution in [3.8, 4) is 0 Å². The first-order valence-corrected chi connectivity index (χ1v) is 9.64. The lowest BCUT2D eigenvalue weighted by Crippen LogP contribution is -2.36. The van der Waals surface area contributed by atoms with Crippen molar-refractivity contribution in [3.63, 3.8) is 0 Å². The first-order chi connectivity index (χ1) is 14.1. The summed E-state index contributed by atoms with van der Waals surface area (Å²) < 4.78 is 14.7. The minimum absolute atomic E-state index is 0.00843. The van der Waals surface area contributed by atoms with E-state index in [-0.39, 0.29) is 11.4 Å². The average molecular weight is 392 g/mol. The van der Waals surface area contributed by atoms with Crippen molar-refractivity contribution in [3.05, 3.63) is 106 Å². The molecule has 3 aromatic rings. The van der Waals surface area contributed by atoms with Gasteiger partial charge in [-0.3, -0.25) is 4.79 Å². The fourth-order valence-corrected chi connectivity index (χ4v) is 2.84. The van der Waals surface area contributed by atoms with E-state index in [0.717, 1.165) is 23.2 Å². The molecule has 0 aliphatic rings. The Balaban J connectivity index is 1.57. The summed E-state index contributed by atoms with van der Waals surface area (Å²) in [6, 6.07) is 19.6. The summed E-state index contributed by atoms with van der Waals surface area (Å²) in [5, 5.41) is 6.52. The molecule has 0 bridgehead atoms. The highest BCUT2D eigenvalue weighted by atomic mass is 19.1. The van der Waals surface area contributed by atoms with Crippen molar-refractivity contribution in [2.75, 3.05) is 6.54 Å². The number of pyridine rings is 1. The van der Waals surface area contributed by atoms with Gasteiger partial charge < -0.3 is 15.2 Å². The summed E-state index contributed by atoms with van der Waals surface area (Å²) in [5.41, 5.74) is 3.12. The predicted octanol–water partition coefficient (Wildman–Crippen LogP) is 3.29. The molecule has 0 spiro atoms. The molecular formula is C23H25FN4O. The molecule has 1 aromatic heterocycles. The molecular weight excluding hydrogens is 367 g/mol. The molecule has 1 heterocycles. The molecule has 2 aromatic carbocycles. The molecule has 29 heavy (non-hydrogen) atoms. The highest BCUT2D eigenvalue weighted by Crippen LogP contribution is 2.06. The number of rotatable bonds is 7. The lowest BCUT2D eigenvalue weighted by Gasteiger charge is -2.12. The molecule has 0 atom stereocenters. The third-order valence-corrected chi connectivity index (χ3v) is 4.41. The maximum Gasteiger partial charge on any atom is 0.250 e. The minimum atomic E-state index is -0.247. The zero-order valence-corrected chi connectivity index (χ0v) is 16.4. The van der Waals surface area contributed by atoms with Crippen LogP contribution in [-0.4, -0.2) is 17.1 Å². The van der Waals surface area contributed by atoms with Crippen molar-refractivity contribution in [1.82, 2.24) is 15.2 Å². The van der Waals surface area contributed by atoms with E-state index in [1.807, 2.05) is 37.3 Å². The van der Waals surface area contributed by atoms with Crippen molar-refractivity contribution in [1.29, 1.82) is 0 Å². The van der Waals surface area contributed by atoms with Gasteiger partial charge in [-0.15, -0.1) is 0 Å². The van der Waals surface area contributed by atoms with Crippen LogP contribution in [0.1, 0.15) is 23.6 Å². The Kier molecular flexibility index (Phi) is 7.16. The monoisotopic (exact) mass is 392 g/mol. The molecule has 0 unspecified atom stereocenters. The van der Waals surface area contributed by atoms with Gasteiger partial charge in [0.25, 0.3) is 5.56 Å². The molecule has 3 rings (SSSR count). The molecule has 2 N–H and O–H groups in total. The third kappa shape index (κ3) is 6.31. The number of hydrogen-bond acceptors (Lipinski definition) is 2. The molecule has 0 fully saturated rings. The third-order valence-electron chi connectivity index (χ3n) is 4.41. The number of benzene rings is 2. The Morgan fingerprint density at radius 2 is 1.62 bits per heavy atom. The summed E-state index contributed by atoms with van der Waals surface area (Å²) in [6.07, 6.45) is 1.79. The zero-order chi connectivity index (χ0) is 20.5. The zero-order valence-electron chi connectivity index (χ0n) is 16.4.